The molecule has 0 saturated heterocycles. The summed E-state index contributed by atoms with van der Waals surface area (Å²) >= 11 is 9.22. The predicted octanol–water partition coefficient (Wildman–Crippen LogP) is 5.13. The lowest BCUT2D eigenvalue weighted by molar-refractivity contribution is 0.510. The van der Waals surface area contributed by atoms with Gasteiger partial charge < -0.3 is 5.32 Å². The summed E-state index contributed by atoms with van der Waals surface area (Å²) in [6.45, 7) is 2.78. The van der Waals surface area contributed by atoms with E-state index in [1.807, 2.05) is 37.3 Å². The van der Waals surface area contributed by atoms with E-state index in [4.69, 9.17) is 11.6 Å². The van der Waals surface area contributed by atoms with Crippen LogP contribution in [0.2, 0.25) is 5.02 Å². The lowest BCUT2D eigenvalue weighted by Crippen LogP contribution is -2.24. The van der Waals surface area contributed by atoms with Gasteiger partial charge in [-0.15, -0.1) is 0 Å². The van der Waals surface area contributed by atoms with Crippen molar-refractivity contribution in [2.45, 2.75) is 19.4 Å². The standard InChI is InChI=1S/C16H16BrClFN/c1-2-20-14(10-11-6-4-3-5-7-11)12-8-9-13(17)15(18)16(12)19/h3-9,14,20H,2,10H2,1H3. The summed E-state index contributed by atoms with van der Waals surface area (Å²) in [7, 11) is 0. The Hall–Kier alpha value is -0.900. The molecule has 0 spiro atoms. The van der Waals surface area contributed by atoms with Crippen LogP contribution in [0.25, 0.3) is 0 Å². The monoisotopic (exact) mass is 355 g/mol. The van der Waals surface area contributed by atoms with Gasteiger partial charge in [-0.3, -0.25) is 0 Å². The van der Waals surface area contributed by atoms with Gasteiger partial charge in [0.15, 0.2) is 0 Å². The highest BCUT2D eigenvalue weighted by Crippen LogP contribution is 2.31. The lowest BCUT2D eigenvalue weighted by Gasteiger charge is -2.20. The Labute approximate surface area is 132 Å². The Balaban J connectivity index is 2.31. The van der Waals surface area contributed by atoms with Gasteiger partial charge in [-0.05, 0) is 40.5 Å². The van der Waals surface area contributed by atoms with Crippen LogP contribution in [0.4, 0.5) is 4.39 Å². The molecule has 0 heterocycles. The fraction of sp³-hybridized carbons (Fsp3) is 0.250. The van der Waals surface area contributed by atoms with Crippen LogP contribution >= 0.6 is 27.5 Å². The van der Waals surface area contributed by atoms with Gasteiger partial charge >= 0.3 is 0 Å². The molecule has 2 aromatic rings. The van der Waals surface area contributed by atoms with Gasteiger partial charge in [-0.25, -0.2) is 4.39 Å². The highest BCUT2D eigenvalue weighted by atomic mass is 79.9. The van der Waals surface area contributed by atoms with E-state index in [1.54, 1.807) is 12.1 Å². The van der Waals surface area contributed by atoms with Crippen LogP contribution in [0.5, 0.6) is 0 Å². The second-order valence-electron chi connectivity index (χ2n) is 4.56. The third-order valence-corrected chi connectivity index (χ3v) is 4.43. The molecular weight excluding hydrogens is 341 g/mol. The smallest absolute Gasteiger partial charge is 0.147 e. The highest BCUT2D eigenvalue weighted by molar-refractivity contribution is 9.10. The SMILES string of the molecule is CCNC(Cc1ccccc1)c1ccc(Br)c(Cl)c1F. The van der Waals surface area contributed by atoms with Crippen LogP contribution in [0.15, 0.2) is 46.9 Å². The van der Waals surface area contributed by atoms with Gasteiger partial charge in [0.25, 0.3) is 0 Å². The summed E-state index contributed by atoms with van der Waals surface area (Å²) in [6.07, 6.45) is 0.726. The third kappa shape index (κ3) is 3.60. The van der Waals surface area contributed by atoms with E-state index < -0.39 is 0 Å². The topological polar surface area (TPSA) is 12.0 Å². The molecule has 4 heteroatoms. The number of nitrogens with one attached hydrogen (secondary N) is 1. The van der Waals surface area contributed by atoms with Crippen LogP contribution in [-0.4, -0.2) is 6.54 Å². The summed E-state index contributed by atoms with van der Waals surface area (Å²) in [4.78, 5) is 0. The Morgan fingerprint density at radius 1 is 1.20 bits per heavy atom. The van der Waals surface area contributed by atoms with Crippen molar-refractivity contribution in [1.82, 2.24) is 5.32 Å². The van der Waals surface area contributed by atoms with Crippen molar-refractivity contribution in [2.75, 3.05) is 6.54 Å². The van der Waals surface area contributed by atoms with Crippen molar-refractivity contribution in [2.24, 2.45) is 0 Å². The largest absolute Gasteiger partial charge is 0.310 e. The van der Waals surface area contributed by atoms with Crippen LogP contribution in [0, 0.1) is 5.82 Å². The normalized spacial score (nSPS) is 12.4. The van der Waals surface area contributed by atoms with Crippen LogP contribution in [0.1, 0.15) is 24.1 Å². The second kappa shape index (κ2) is 7.21. The minimum atomic E-state index is -0.358. The fourth-order valence-electron chi connectivity index (χ4n) is 2.20. The average molecular weight is 357 g/mol. The van der Waals surface area contributed by atoms with Crippen molar-refractivity contribution in [3.05, 3.63) is 68.9 Å². The predicted molar refractivity (Wildman–Crippen MR) is 85.7 cm³/mol. The first kappa shape index (κ1) is 15.5. The summed E-state index contributed by atoms with van der Waals surface area (Å²) < 4.78 is 14.9. The number of halogens is 3. The van der Waals surface area contributed by atoms with Crippen molar-refractivity contribution < 1.29 is 4.39 Å². The summed E-state index contributed by atoms with van der Waals surface area (Å²) in [5.74, 6) is -0.358. The summed E-state index contributed by atoms with van der Waals surface area (Å²) in [5.41, 5.74) is 1.76. The highest BCUT2D eigenvalue weighted by Gasteiger charge is 2.18. The molecule has 0 aromatic heterocycles. The molecular formula is C16H16BrClFN. The molecule has 1 unspecified atom stereocenters. The summed E-state index contributed by atoms with van der Waals surface area (Å²) in [5, 5.41) is 3.46. The van der Waals surface area contributed by atoms with Gasteiger partial charge in [-0.2, -0.15) is 0 Å². The fourth-order valence-corrected chi connectivity index (χ4v) is 2.68. The Bertz CT molecular complexity index is 574. The molecule has 1 atom stereocenters. The maximum absolute atomic E-state index is 14.3. The van der Waals surface area contributed by atoms with Gasteiger partial charge in [-0.1, -0.05) is 54.9 Å². The van der Waals surface area contributed by atoms with Gasteiger partial charge in [0, 0.05) is 16.1 Å². The molecule has 0 aliphatic heterocycles. The van der Waals surface area contributed by atoms with Crippen LogP contribution in [0.3, 0.4) is 0 Å². The number of hydrogen-bond acceptors (Lipinski definition) is 1. The number of hydrogen-bond donors (Lipinski definition) is 1. The molecule has 0 radical (unpaired) electrons. The van der Waals surface area contributed by atoms with Crippen molar-refractivity contribution in [3.63, 3.8) is 0 Å². The molecule has 0 aliphatic carbocycles. The second-order valence-corrected chi connectivity index (χ2v) is 5.80. The minimum Gasteiger partial charge on any atom is -0.310 e. The maximum Gasteiger partial charge on any atom is 0.147 e. The first-order valence-electron chi connectivity index (χ1n) is 6.54. The molecule has 0 fully saturated rings. The first-order chi connectivity index (χ1) is 9.63. The molecule has 0 saturated carbocycles. The van der Waals surface area contributed by atoms with Gasteiger partial charge in [0.1, 0.15) is 5.82 Å². The van der Waals surface area contributed by atoms with E-state index >= 15 is 0 Å². The molecule has 0 bridgehead atoms. The Morgan fingerprint density at radius 2 is 1.90 bits per heavy atom. The number of likely N-dealkylation sites (N-methyl/N-ethyl adjacent to an activating group) is 1. The zero-order valence-corrected chi connectivity index (χ0v) is 13.5. The molecule has 106 valence electrons. The van der Waals surface area contributed by atoms with Crippen molar-refractivity contribution in [3.8, 4) is 0 Å². The third-order valence-electron chi connectivity index (χ3n) is 3.17. The maximum atomic E-state index is 14.3. The van der Waals surface area contributed by atoms with E-state index in [2.05, 4.69) is 21.2 Å². The number of rotatable bonds is 5. The van der Waals surface area contributed by atoms with Crippen LogP contribution < -0.4 is 5.32 Å². The Kier molecular flexibility index (Phi) is 5.58. The quantitative estimate of drug-likeness (QED) is 0.732. The minimum absolute atomic E-state index is 0.0898. The first-order valence-corrected chi connectivity index (χ1v) is 7.71. The molecule has 2 rings (SSSR count). The van der Waals surface area contributed by atoms with E-state index in [0.717, 1.165) is 18.5 Å². The van der Waals surface area contributed by atoms with Crippen molar-refractivity contribution >= 4 is 27.5 Å². The molecule has 0 amide bonds. The average Bonchev–Trinajstić information content (AvgIpc) is 2.46. The Morgan fingerprint density at radius 3 is 2.55 bits per heavy atom. The van der Waals surface area contributed by atoms with Crippen molar-refractivity contribution in [1.29, 1.82) is 0 Å². The number of benzene rings is 2. The molecule has 20 heavy (non-hydrogen) atoms. The van der Waals surface area contributed by atoms with E-state index in [9.17, 15) is 4.39 Å². The molecule has 1 N–H and O–H groups in total. The molecule has 0 aliphatic rings. The zero-order valence-electron chi connectivity index (χ0n) is 11.2. The van der Waals surface area contributed by atoms with Gasteiger partial charge in [0.2, 0.25) is 0 Å². The van der Waals surface area contributed by atoms with E-state index in [0.29, 0.717) is 10.0 Å². The van der Waals surface area contributed by atoms with Gasteiger partial charge in [0.05, 0.1) is 5.02 Å². The molecule has 1 nitrogen and oxygen atoms in total. The van der Waals surface area contributed by atoms with Crippen LogP contribution in [-0.2, 0) is 6.42 Å². The molecule has 2 aromatic carbocycles. The van der Waals surface area contributed by atoms with E-state index in [1.165, 1.54) is 0 Å². The lowest BCUT2D eigenvalue weighted by atomic mass is 9.98. The van der Waals surface area contributed by atoms with E-state index in [-0.39, 0.29) is 16.9 Å². The zero-order chi connectivity index (χ0) is 14.5. The summed E-state index contributed by atoms with van der Waals surface area (Å²) in [6, 6.07) is 13.5.